The molecule has 0 bridgehead atoms. The highest BCUT2D eigenvalue weighted by Crippen LogP contribution is 2.40. The first-order valence-corrected chi connectivity index (χ1v) is 8.17. The smallest absolute Gasteiger partial charge is 0.174 e. The molecule has 1 aliphatic heterocycles. The predicted octanol–water partition coefficient (Wildman–Crippen LogP) is 4.19. The van der Waals surface area contributed by atoms with Crippen LogP contribution in [0.4, 0.5) is 0 Å². The van der Waals surface area contributed by atoms with Crippen LogP contribution in [-0.2, 0) is 0 Å². The highest BCUT2D eigenvalue weighted by molar-refractivity contribution is 6.33. The van der Waals surface area contributed by atoms with E-state index in [9.17, 15) is 5.11 Å². The lowest BCUT2D eigenvalue weighted by molar-refractivity contribution is 0.187. The van der Waals surface area contributed by atoms with Crippen molar-refractivity contribution in [3.05, 3.63) is 52.3 Å². The highest BCUT2D eigenvalue weighted by atomic mass is 35.5. The number of aryl methyl sites for hydroxylation is 1. The third kappa shape index (κ3) is 3.01. The number of hydrogen-bond acceptors (Lipinski definition) is 4. The van der Waals surface area contributed by atoms with Gasteiger partial charge in [-0.1, -0.05) is 35.8 Å². The molecule has 23 heavy (non-hydrogen) atoms. The molecular weight excluding hydrogens is 312 g/mol. The van der Waals surface area contributed by atoms with E-state index in [4.69, 9.17) is 16.1 Å². The van der Waals surface area contributed by atoms with E-state index in [1.807, 2.05) is 38.4 Å². The van der Waals surface area contributed by atoms with Gasteiger partial charge < -0.3 is 14.5 Å². The third-order valence-corrected chi connectivity index (χ3v) is 4.80. The molecule has 0 amide bonds. The predicted molar refractivity (Wildman–Crippen MR) is 91.1 cm³/mol. The van der Waals surface area contributed by atoms with Gasteiger partial charge in [-0.3, -0.25) is 0 Å². The number of rotatable bonds is 3. The number of hydrogen-bond donors (Lipinski definition) is 1. The monoisotopic (exact) mass is 332 g/mol. The van der Waals surface area contributed by atoms with Crippen LogP contribution >= 0.6 is 11.6 Å². The molecule has 0 saturated carbocycles. The van der Waals surface area contributed by atoms with E-state index in [0.29, 0.717) is 28.0 Å². The van der Waals surface area contributed by atoms with Crippen molar-refractivity contribution in [1.82, 2.24) is 10.1 Å². The van der Waals surface area contributed by atoms with Gasteiger partial charge >= 0.3 is 0 Å². The Kier molecular flexibility index (Phi) is 4.46. The van der Waals surface area contributed by atoms with Crippen LogP contribution < -0.4 is 0 Å². The Morgan fingerprint density at radius 1 is 1.39 bits per heavy atom. The van der Waals surface area contributed by atoms with Gasteiger partial charge in [0.1, 0.15) is 6.10 Å². The van der Waals surface area contributed by atoms with Gasteiger partial charge in [0, 0.05) is 25.4 Å². The average molecular weight is 333 g/mol. The van der Waals surface area contributed by atoms with Crippen LogP contribution in [0.15, 0.2) is 40.6 Å². The highest BCUT2D eigenvalue weighted by Gasteiger charge is 2.30. The standard InChI is InChI=1S/C18H21ClN2O2/c1-11-8-9-21(3)10-14(11)17(22)16-12(2)20-23-18(16)13-6-4-5-7-15(13)19/h4-7,10-11,17,22H,8-9H2,1-3H3. The van der Waals surface area contributed by atoms with Crippen molar-refractivity contribution < 1.29 is 9.63 Å². The Morgan fingerprint density at radius 2 is 2.13 bits per heavy atom. The van der Waals surface area contributed by atoms with E-state index in [1.54, 1.807) is 6.07 Å². The summed E-state index contributed by atoms with van der Waals surface area (Å²) in [5.41, 5.74) is 3.12. The second-order valence-electron chi connectivity index (χ2n) is 6.19. The van der Waals surface area contributed by atoms with Crippen LogP contribution in [0.2, 0.25) is 5.02 Å². The van der Waals surface area contributed by atoms with Gasteiger partial charge in [-0.25, -0.2) is 0 Å². The zero-order valence-corrected chi connectivity index (χ0v) is 14.3. The van der Waals surface area contributed by atoms with Crippen molar-refractivity contribution in [2.75, 3.05) is 13.6 Å². The van der Waals surface area contributed by atoms with Gasteiger partial charge in [0.15, 0.2) is 5.76 Å². The molecule has 1 aliphatic rings. The first kappa shape index (κ1) is 16.1. The Bertz CT molecular complexity index is 738. The molecule has 5 heteroatoms. The third-order valence-electron chi connectivity index (χ3n) is 4.47. The van der Waals surface area contributed by atoms with Crippen molar-refractivity contribution in [1.29, 1.82) is 0 Å². The molecule has 1 aromatic carbocycles. The molecule has 3 rings (SSSR count). The minimum absolute atomic E-state index is 0.314. The molecule has 1 aromatic heterocycles. The van der Waals surface area contributed by atoms with E-state index in [2.05, 4.69) is 17.0 Å². The molecule has 122 valence electrons. The summed E-state index contributed by atoms with van der Waals surface area (Å²) in [4.78, 5) is 2.11. The van der Waals surface area contributed by atoms with Gasteiger partial charge in [-0.15, -0.1) is 0 Å². The fourth-order valence-electron chi connectivity index (χ4n) is 3.06. The fraction of sp³-hybridized carbons (Fsp3) is 0.389. The molecule has 2 unspecified atom stereocenters. The first-order valence-electron chi connectivity index (χ1n) is 7.80. The molecule has 0 radical (unpaired) electrons. The van der Waals surface area contributed by atoms with Crippen LogP contribution in [0.1, 0.15) is 30.7 Å². The number of aliphatic hydroxyl groups is 1. The van der Waals surface area contributed by atoms with Crippen LogP contribution in [0, 0.1) is 12.8 Å². The van der Waals surface area contributed by atoms with E-state index in [0.717, 1.165) is 24.1 Å². The van der Waals surface area contributed by atoms with Crippen molar-refractivity contribution in [3.63, 3.8) is 0 Å². The lowest BCUT2D eigenvalue weighted by Crippen LogP contribution is -2.25. The number of benzene rings is 1. The maximum absolute atomic E-state index is 11.0. The van der Waals surface area contributed by atoms with Crippen molar-refractivity contribution >= 4 is 11.6 Å². The summed E-state index contributed by atoms with van der Waals surface area (Å²) in [5.74, 6) is 0.858. The zero-order chi connectivity index (χ0) is 16.6. The zero-order valence-electron chi connectivity index (χ0n) is 13.6. The van der Waals surface area contributed by atoms with Gasteiger partial charge in [0.05, 0.1) is 16.3 Å². The molecule has 1 N–H and O–H groups in total. The lowest BCUT2D eigenvalue weighted by Gasteiger charge is -2.30. The first-order chi connectivity index (χ1) is 11.0. The Balaban J connectivity index is 2.07. The summed E-state index contributed by atoms with van der Waals surface area (Å²) in [5, 5.41) is 15.6. The second kappa shape index (κ2) is 6.38. The summed E-state index contributed by atoms with van der Waals surface area (Å²) in [6.45, 7) is 4.98. The number of nitrogens with zero attached hydrogens (tertiary/aromatic N) is 2. The topological polar surface area (TPSA) is 49.5 Å². The summed E-state index contributed by atoms with van der Waals surface area (Å²) in [6, 6.07) is 7.45. The molecule has 0 fully saturated rings. The molecular formula is C18H21ClN2O2. The maximum atomic E-state index is 11.0. The molecule has 2 atom stereocenters. The maximum Gasteiger partial charge on any atom is 0.174 e. The van der Waals surface area contributed by atoms with Gasteiger partial charge in [0.2, 0.25) is 0 Å². The second-order valence-corrected chi connectivity index (χ2v) is 6.60. The molecule has 0 aliphatic carbocycles. The van der Waals surface area contributed by atoms with E-state index in [1.165, 1.54) is 0 Å². The van der Waals surface area contributed by atoms with Crippen molar-refractivity contribution in [2.45, 2.75) is 26.4 Å². The summed E-state index contributed by atoms with van der Waals surface area (Å²) in [7, 11) is 2.02. The summed E-state index contributed by atoms with van der Waals surface area (Å²) in [6.07, 6.45) is 2.30. The minimum Gasteiger partial charge on any atom is -0.384 e. The van der Waals surface area contributed by atoms with Gasteiger partial charge in [-0.2, -0.15) is 0 Å². The van der Waals surface area contributed by atoms with Gasteiger partial charge in [-0.05, 0) is 37.0 Å². The quantitative estimate of drug-likeness (QED) is 0.915. The normalized spacial score (nSPS) is 19.6. The number of aliphatic hydroxyl groups excluding tert-OH is 1. The Hall–Kier alpha value is -1.78. The summed E-state index contributed by atoms with van der Waals surface area (Å²) >= 11 is 6.29. The number of halogens is 1. The molecule has 0 saturated heterocycles. The van der Waals surface area contributed by atoms with Crippen molar-refractivity contribution in [3.8, 4) is 11.3 Å². The average Bonchev–Trinajstić information content (AvgIpc) is 2.91. The Morgan fingerprint density at radius 3 is 2.87 bits per heavy atom. The number of aromatic nitrogens is 1. The summed E-state index contributed by atoms with van der Waals surface area (Å²) < 4.78 is 5.50. The lowest BCUT2D eigenvalue weighted by atomic mass is 9.86. The molecule has 2 aromatic rings. The molecule has 2 heterocycles. The van der Waals surface area contributed by atoms with Crippen LogP contribution in [0.25, 0.3) is 11.3 Å². The van der Waals surface area contributed by atoms with E-state index < -0.39 is 6.10 Å². The fourth-order valence-corrected chi connectivity index (χ4v) is 3.28. The van der Waals surface area contributed by atoms with Crippen LogP contribution in [0.5, 0.6) is 0 Å². The van der Waals surface area contributed by atoms with E-state index in [-0.39, 0.29) is 0 Å². The Labute approximate surface area is 141 Å². The SMILES string of the molecule is Cc1noc(-c2ccccc2Cl)c1C(O)C1=CN(C)CCC1C. The molecule has 0 spiro atoms. The largest absolute Gasteiger partial charge is 0.384 e. The van der Waals surface area contributed by atoms with Crippen LogP contribution in [0.3, 0.4) is 0 Å². The van der Waals surface area contributed by atoms with Gasteiger partial charge in [0.25, 0.3) is 0 Å². The van der Waals surface area contributed by atoms with Crippen LogP contribution in [-0.4, -0.2) is 28.8 Å². The van der Waals surface area contributed by atoms with Crippen molar-refractivity contribution in [2.24, 2.45) is 5.92 Å². The minimum atomic E-state index is -0.745. The molecule has 4 nitrogen and oxygen atoms in total. The van der Waals surface area contributed by atoms with E-state index >= 15 is 0 Å².